The molecule has 0 aromatic heterocycles. The van der Waals surface area contributed by atoms with Gasteiger partial charge in [0.15, 0.2) is 0 Å². The number of carbonyl (C=O) groups excluding carboxylic acids is 1. The molecule has 3 aliphatic rings. The van der Waals surface area contributed by atoms with Crippen molar-refractivity contribution < 1.29 is 53.6 Å². The van der Waals surface area contributed by atoms with Crippen LogP contribution in [0.15, 0.2) is 120 Å². The van der Waals surface area contributed by atoms with Crippen LogP contribution in [0.2, 0.25) is 0 Å². The monoisotopic (exact) mass is 921 g/mol. The molecule has 19 nitrogen and oxygen atoms in total. The largest absolute Gasteiger partial charge is 0.459 e. The number of unbranched alkanes of at least 4 members (excludes halogenated alkanes) is 2. The van der Waals surface area contributed by atoms with Crippen LogP contribution in [-0.4, -0.2) is 80.4 Å². The molecule has 4 aromatic carbocycles. The van der Waals surface area contributed by atoms with E-state index in [-0.39, 0.29) is 73.2 Å². The maximum atomic E-state index is 14.3. The topological polar surface area (TPSA) is 249 Å². The third-order valence-electron chi connectivity index (χ3n) is 12.5. The summed E-state index contributed by atoms with van der Waals surface area (Å²) in [6.45, 7) is 3.85. The molecule has 1 fully saturated rings. The molecular formula is C48H51N5O14. The third kappa shape index (κ3) is 10.6. The Bertz CT molecular complexity index is 2520. The number of amides is 1. The normalized spacial score (nSPS) is 22.0. The lowest BCUT2D eigenvalue weighted by Gasteiger charge is -2.59. The van der Waals surface area contributed by atoms with Gasteiger partial charge < -0.3 is 38.9 Å². The molecule has 19 heteroatoms. The zero-order valence-electron chi connectivity index (χ0n) is 36.7. The lowest BCUT2D eigenvalue weighted by atomic mass is 9.55. The number of hydrogen-bond donors (Lipinski definition) is 2. The van der Waals surface area contributed by atoms with Crippen LogP contribution < -0.4 is 14.2 Å². The number of aliphatic hydroxyl groups is 2. The predicted octanol–water partition coefficient (Wildman–Crippen LogP) is 9.17. The summed E-state index contributed by atoms with van der Waals surface area (Å²) in [5, 5.41) is 58.9. The van der Waals surface area contributed by atoms with Gasteiger partial charge in [-0.05, 0) is 97.2 Å². The summed E-state index contributed by atoms with van der Waals surface area (Å²) in [6.07, 6.45) is 6.70. The second-order valence-electron chi connectivity index (χ2n) is 16.6. The number of nitrogens with zero attached hydrogens (tertiary/aromatic N) is 5. The highest BCUT2D eigenvalue weighted by Crippen LogP contribution is 2.62. The van der Waals surface area contributed by atoms with E-state index in [1.54, 1.807) is 36.4 Å². The van der Waals surface area contributed by atoms with E-state index in [0.29, 0.717) is 61.3 Å². The number of benzene rings is 4. The van der Waals surface area contributed by atoms with Crippen LogP contribution in [-0.2, 0) is 16.2 Å². The minimum atomic E-state index is -1.65. The van der Waals surface area contributed by atoms with Crippen LogP contribution in [0.4, 0.5) is 21.9 Å². The van der Waals surface area contributed by atoms with Crippen LogP contribution in [0, 0.1) is 48.1 Å². The number of aliphatic hydroxyl groups excluding tert-OH is 2. The van der Waals surface area contributed by atoms with Gasteiger partial charge in [0.1, 0.15) is 35.6 Å². The average Bonchev–Trinajstić information content (AvgIpc) is 3.32. The molecule has 1 aliphatic heterocycles. The van der Waals surface area contributed by atoms with Crippen molar-refractivity contribution in [2.75, 3.05) is 26.9 Å². The lowest BCUT2D eigenvalue weighted by molar-refractivity contribution is -0.385. The van der Waals surface area contributed by atoms with Crippen LogP contribution in [0.1, 0.15) is 62.0 Å². The minimum Gasteiger partial charge on any atom is -0.459 e. The second kappa shape index (κ2) is 21.4. The van der Waals surface area contributed by atoms with E-state index in [4.69, 9.17) is 28.9 Å². The summed E-state index contributed by atoms with van der Waals surface area (Å²) in [7, 11) is 1.53. The van der Waals surface area contributed by atoms with Gasteiger partial charge >= 0.3 is 6.09 Å². The number of fused-ring (bicyclic) bond motifs is 2. The van der Waals surface area contributed by atoms with Crippen molar-refractivity contribution in [1.29, 1.82) is 0 Å². The van der Waals surface area contributed by atoms with Crippen molar-refractivity contribution in [2.24, 2.45) is 22.9 Å². The number of ether oxygens (including phenoxy) is 4. The van der Waals surface area contributed by atoms with E-state index in [2.05, 4.69) is 12.7 Å². The van der Waals surface area contributed by atoms with Crippen molar-refractivity contribution in [1.82, 2.24) is 4.90 Å². The van der Waals surface area contributed by atoms with Crippen LogP contribution in [0.25, 0.3) is 0 Å². The second-order valence-corrected chi connectivity index (χ2v) is 16.6. The van der Waals surface area contributed by atoms with Gasteiger partial charge in [0, 0.05) is 68.5 Å². The molecule has 7 rings (SSSR count). The molecule has 0 radical (unpaired) electrons. The number of allylic oxidation sites excluding steroid dienone is 1. The van der Waals surface area contributed by atoms with Gasteiger partial charge in [-0.1, -0.05) is 36.2 Å². The van der Waals surface area contributed by atoms with Crippen LogP contribution in [0.5, 0.6) is 23.0 Å². The van der Waals surface area contributed by atoms with E-state index < -0.39 is 44.5 Å². The Morgan fingerprint density at radius 1 is 0.851 bits per heavy atom. The summed E-state index contributed by atoms with van der Waals surface area (Å²) in [5.41, 5.74) is 2.13. The first kappa shape index (κ1) is 47.7. The van der Waals surface area contributed by atoms with Crippen LogP contribution >= 0.6 is 0 Å². The number of nitro benzene ring substituents is 3. The number of oxime groups is 1. The molecule has 0 bridgehead atoms. The zero-order valence-corrected chi connectivity index (χ0v) is 36.7. The van der Waals surface area contributed by atoms with Crippen molar-refractivity contribution in [3.63, 3.8) is 0 Å². The van der Waals surface area contributed by atoms with Gasteiger partial charge in [0.25, 0.3) is 17.1 Å². The number of carbonyl (C=O) groups is 1. The predicted molar refractivity (Wildman–Crippen MR) is 243 cm³/mol. The first-order valence-electron chi connectivity index (χ1n) is 21.9. The Balaban J connectivity index is 1.39. The number of non-ortho nitro benzene ring substituents is 3. The van der Waals surface area contributed by atoms with Crippen LogP contribution in [0.3, 0.4) is 0 Å². The quantitative estimate of drug-likeness (QED) is 0.0342. The van der Waals surface area contributed by atoms with E-state index in [1.807, 2.05) is 6.07 Å². The highest BCUT2D eigenvalue weighted by molar-refractivity contribution is 6.03. The van der Waals surface area contributed by atoms with Crippen molar-refractivity contribution in [3.05, 3.63) is 157 Å². The third-order valence-corrected chi connectivity index (χ3v) is 12.5. The molecule has 0 saturated heterocycles. The standard InChI is InChI=1S/C48H51N5O14/c1-3-25-63-48-44(50(2)47(56)66-36-19-17-34(18-20-36)52(59)60)29-42(49-64-30-31-13-15-33(16-14-31)51(57)58)40-26-32(9-4-6-23-54)39(12-5-7-24-55)45(46(40)48)41-28-38(21-22-43(41)67-48)65-37-11-8-10-35(27-37)53(61)62/h3,8,10-11,13-22,26-28,32,39,44-46,54-55H,1,4-7,9,12,23-25,29-30H2,2H3/t32-,39+,44-,45+,46+,48+/m0/s1. The fourth-order valence-electron chi connectivity index (χ4n) is 9.42. The Hall–Kier alpha value is -7.22. The molecule has 1 saturated carbocycles. The van der Waals surface area contributed by atoms with Gasteiger partial charge in [0.2, 0.25) is 5.79 Å². The average molecular weight is 922 g/mol. The van der Waals surface area contributed by atoms with Gasteiger partial charge in [-0.3, -0.25) is 30.3 Å². The molecule has 1 heterocycles. The number of nitro groups is 3. The number of hydrogen-bond acceptors (Lipinski definition) is 15. The van der Waals surface area contributed by atoms with E-state index in [1.165, 1.54) is 66.5 Å². The Morgan fingerprint density at radius 2 is 1.49 bits per heavy atom. The first-order chi connectivity index (χ1) is 32.4. The summed E-state index contributed by atoms with van der Waals surface area (Å²) in [6, 6.07) is 21.1. The van der Waals surface area contributed by atoms with E-state index in [0.717, 1.165) is 11.1 Å². The molecule has 2 N–H and O–H groups in total. The van der Waals surface area contributed by atoms with Gasteiger partial charge in [-0.2, -0.15) is 0 Å². The molecule has 352 valence electrons. The SMILES string of the molecule is C=CCO[C@@]12Oc3ccc(Oc4cccc([N+](=O)[O-])c4)cc3[C@H]3[C@H](CCCCO)[C@@H](CCCCO)C=C(C(=NOCc4ccc([N+](=O)[O-])cc4)C[C@@H]1N(C)C(=O)Oc1ccc([N+](=O)[O-])cc1)[C@H]32. The highest BCUT2D eigenvalue weighted by Gasteiger charge is 2.65. The van der Waals surface area contributed by atoms with Gasteiger partial charge in [-0.15, -0.1) is 6.58 Å². The van der Waals surface area contributed by atoms with E-state index >= 15 is 0 Å². The summed E-state index contributed by atoms with van der Waals surface area (Å²) < 4.78 is 26.1. The smallest absolute Gasteiger partial charge is 0.415 e. The van der Waals surface area contributed by atoms with E-state index in [9.17, 15) is 45.4 Å². The fraction of sp³-hybridized carbons (Fsp3) is 0.375. The molecule has 0 unspecified atom stereocenters. The molecule has 1 amide bonds. The summed E-state index contributed by atoms with van der Waals surface area (Å²) in [4.78, 5) is 54.5. The molecule has 2 aliphatic carbocycles. The first-order valence-corrected chi connectivity index (χ1v) is 21.9. The molecule has 0 spiro atoms. The Labute approximate surface area is 385 Å². The van der Waals surface area contributed by atoms with Gasteiger partial charge in [0.05, 0.1) is 39.1 Å². The molecular weight excluding hydrogens is 871 g/mol. The molecule has 4 aromatic rings. The Kier molecular flexibility index (Phi) is 15.2. The molecule has 67 heavy (non-hydrogen) atoms. The van der Waals surface area contributed by atoms with Gasteiger partial charge in [-0.25, -0.2) is 4.79 Å². The summed E-state index contributed by atoms with van der Waals surface area (Å²) >= 11 is 0. The van der Waals surface area contributed by atoms with Crippen molar-refractivity contribution >= 4 is 28.9 Å². The summed E-state index contributed by atoms with van der Waals surface area (Å²) in [5.74, 6) is -1.95. The number of rotatable bonds is 21. The Morgan fingerprint density at radius 3 is 2.15 bits per heavy atom. The maximum Gasteiger partial charge on any atom is 0.415 e. The highest BCUT2D eigenvalue weighted by atomic mass is 16.7. The maximum absolute atomic E-state index is 14.3. The zero-order chi connectivity index (χ0) is 47.7. The molecule has 6 atom stereocenters. The number of likely N-dealkylation sites (N-methyl/N-ethyl adjacent to an activating group) is 1. The fourth-order valence-corrected chi connectivity index (χ4v) is 9.42. The van der Waals surface area contributed by atoms with Crippen molar-refractivity contribution in [3.8, 4) is 23.0 Å². The lowest BCUT2D eigenvalue weighted by Crippen LogP contribution is -2.69. The minimum absolute atomic E-state index is 0.00519. The van der Waals surface area contributed by atoms with Crippen molar-refractivity contribution in [2.45, 2.75) is 69.3 Å².